The minimum atomic E-state index is 0.0362. The van der Waals surface area contributed by atoms with Gasteiger partial charge in [-0.05, 0) is 26.2 Å². The number of rotatable bonds is 3. The van der Waals surface area contributed by atoms with E-state index in [1.807, 2.05) is 13.8 Å². The van der Waals surface area contributed by atoms with Crippen LogP contribution in [0.5, 0.6) is 0 Å². The van der Waals surface area contributed by atoms with Crippen LogP contribution in [0.1, 0.15) is 52.4 Å². The van der Waals surface area contributed by atoms with Gasteiger partial charge in [-0.2, -0.15) is 0 Å². The minimum absolute atomic E-state index is 0.0362. The van der Waals surface area contributed by atoms with Gasteiger partial charge in [0, 0.05) is 0 Å². The first kappa shape index (κ1) is 10.6. The Balaban J connectivity index is 2.29. The molecule has 1 atom stereocenters. The second-order valence-electron chi connectivity index (χ2n) is 3.99. The molecule has 0 aromatic heterocycles. The molecule has 76 valence electrons. The highest BCUT2D eigenvalue weighted by Crippen LogP contribution is 2.25. The van der Waals surface area contributed by atoms with Crippen LogP contribution in [0.15, 0.2) is 0 Å². The molecule has 0 heterocycles. The van der Waals surface area contributed by atoms with Crippen LogP contribution in [0, 0.1) is 5.92 Å². The van der Waals surface area contributed by atoms with Gasteiger partial charge in [0.15, 0.2) is 0 Å². The van der Waals surface area contributed by atoms with Gasteiger partial charge in [-0.3, -0.25) is 4.79 Å². The maximum Gasteiger partial charge on any atom is 0.309 e. The molecule has 0 N–H and O–H groups in total. The SMILES string of the molecule is CC[C@H](C)OC(=O)C1CCCCC1. The second-order valence-corrected chi connectivity index (χ2v) is 3.99. The summed E-state index contributed by atoms with van der Waals surface area (Å²) in [6.45, 7) is 4.00. The van der Waals surface area contributed by atoms with Gasteiger partial charge in [0.1, 0.15) is 0 Å². The number of ether oxygens (including phenoxy) is 1. The molecule has 0 radical (unpaired) electrons. The highest BCUT2D eigenvalue weighted by atomic mass is 16.5. The van der Waals surface area contributed by atoms with E-state index < -0.39 is 0 Å². The summed E-state index contributed by atoms with van der Waals surface area (Å²) in [6, 6.07) is 0. The second kappa shape index (κ2) is 5.25. The van der Waals surface area contributed by atoms with Crippen LogP contribution in [0.4, 0.5) is 0 Å². The standard InChI is InChI=1S/C11H20O2/c1-3-9(2)13-11(12)10-7-5-4-6-8-10/h9-10H,3-8H2,1-2H3/t9-/m0/s1. The predicted octanol–water partition coefficient (Wildman–Crippen LogP) is 2.91. The molecular weight excluding hydrogens is 164 g/mol. The molecule has 2 heteroatoms. The minimum Gasteiger partial charge on any atom is -0.462 e. The maximum absolute atomic E-state index is 11.5. The zero-order chi connectivity index (χ0) is 9.68. The third-order valence-corrected chi connectivity index (χ3v) is 2.83. The van der Waals surface area contributed by atoms with E-state index in [0.29, 0.717) is 0 Å². The number of esters is 1. The van der Waals surface area contributed by atoms with Crippen LogP contribution >= 0.6 is 0 Å². The van der Waals surface area contributed by atoms with Crippen molar-refractivity contribution in [2.24, 2.45) is 5.92 Å². The van der Waals surface area contributed by atoms with Crippen LogP contribution < -0.4 is 0 Å². The fourth-order valence-electron chi connectivity index (χ4n) is 1.72. The van der Waals surface area contributed by atoms with Gasteiger partial charge < -0.3 is 4.74 Å². The zero-order valence-corrected chi connectivity index (χ0v) is 8.71. The van der Waals surface area contributed by atoms with Gasteiger partial charge in [0.25, 0.3) is 0 Å². The number of hydrogen-bond acceptors (Lipinski definition) is 2. The molecule has 0 aromatic rings. The van der Waals surface area contributed by atoms with E-state index >= 15 is 0 Å². The van der Waals surface area contributed by atoms with Gasteiger partial charge in [0.2, 0.25) is 0 Å². The smallest absolute Gasteiger partial charge is 0.309 e. The number of carbonyl (C=O) groups is 1. The van der Waals surface area contributed by atoms with Crippen molar-refractivity contribution >= 4 is 5.97 Å². The molecular formula is C11H20O2. The predicted molar refractivity (Wildman–Crippen MR) is 52.4 cm³/mol. The van der Waals surface area contributed by atoms with Crippen molar-refractivity contribution in [2.75, 3.05) is 0 Å². The van der Waals surface area contributed by atoms with Crippen LogP contribution in [0.3, 0.4) is 0 Å². The van der Waals surface area contributed by atoms with Crippen molar-refractivity contribution in [3.8, 4) is 0 Å². The molecule has 1 saturated carbocycles. The lowest BCUT2D eigenvalue weighted by molar-refractivity contribution is -0.154. The van der Waals surface area contributed by atoms with Crippen LogP contribution in [0.25, 0.3) is 0 Å². The van der Waals surface area contributed by atoms with Crippen molar-refractivity contribution in [3.63, 3.8) is 0 Å². The van der Waals surface area contributed by atoms with Crippen molar-refractivity contribution < 1.29 is 9.53 Å². The lowest BCUT2D eigenvalue weighted by Gasteiger charge is -2.21. The van der Waals surface area contributed by atoms with Crippen LogP contribution in [0.2, 0.25) is 0 Å². The van der Waals surface area contributed by atoms with Gasteiger partial charge in [-0.1, -0.05) is 26.2 Å². The van der Waals surface area contributed by atoms with Crippen LogP contribution in [-0.2, 0) is 9.53 Å². The molecule has 0 aromatic carbocycles. The fourth-order valence-corrected chi connectivity index (χ4v) is 1.72. The Morgan fingerprint density at radius 1 is 1.38 bits per heavy atom. The normalized spacial score (nSPS) is 21.1. The fraction of sp³-hybridized carbons (Fsp3) is 0.909. The lowest BCUT2D eigenvalue weighted by Crippen LogP contribution is -2.24. The maximum atomic E-state index is 11.5. The van der Waals surface area contributed by atoms with E-state index in [0.717, 1.165) is 19.3 Å². The van der Waals surface area contributed by atoms with Crippen molar-refractivity contribution in [1.82, 2.24) is 0 Å². The summed E-state index contributed by atoms with van der Waals surface area (Å²) in [6.07, 6.45) is 6.76. The van der Waals surface area contributed by atoms with E-state index in [9.17, 15) is 4.79 Å². The molecule has 0 amide bonds. The molecule has 13 heavy (non-hydrogen) atoms. The molecule has 0 spiro atoms. The topological polar surface area (TPSA) is 26.3 Å². The largest absolute Gasteiger partial charge is 0.462 e. The first-order chi connectivity index (χ1) is 6.24. The molecule has 1 aliphatic carbocycles. The van der Waals surface area contributed by atoms with Crippen LogP contribution in [-0.4, -0.2) is 12.1 Å². The van der Waals surface area contributed by atoms with Gasteiger partial charge >= 0.3 is 5.97 Å². The Labute approximate surface area is 80.7 Å². The highest BCUT2D eigenvalue weighted by Gasteiger charge is 2.23. The summed E-state index contributed by atoms with van der Waals surface area (Å²) in [5, 5.41) is 0. The Kier molecular flexibility index (Phi) is 4.26. The summed E-state index contributed by atoms with van der Waals surface area (Å²) < 4.78 is 5.30. The van der Waals surface area contributed by atoms with E-state index in [2.05, 4.69) is 0 Å². The van der Waals surface area contributed by atoms with Crippen molar-refractivity contribution in [2.45, 2.75) is 58.5 Å². The molecule has 1 rings (SSSR count). The van der Waals surface area contributed by atoms with Crippen molar-refractivity contribution in [3.05, 3.63) is 0 Å². The Morgan fingerprint density at radius 2 is 2.00 bits per heavy atom. The first-order valence-electron chi connectivity index (χ1n) is 5.44. The Hall–Kier alpha value is -0.530. The summed E-state index contributed by atoms with van der Waals surface area (Å²) in [7, 11) is 0. The van der Waals surface area contributed by atoms with E-state index in [-0.39, 0.29) is 18.0 Å². The molecule has 0 unspecified atom stereocenters. The first-order valence-corrected chi connectivity index (χ1v) is 5.44. The van der Waals surface area contributed by atoms with E-state index in [1.54, 1.807) is 0 Å². The van der Waals surface area contributed by atoms with Gasteiger partial charge in [-0.25, -0.2) is 0 Å². The molecule has 2 nitrogen and oxygen atoms in total. The van der Waals surface area contributed by atoms with E-state index in [4.69, 9.17) is 4.74 Å². The number of hydrogen-bond donors (Lipinski definition) is 0. The zero-order valence-electron chi connectivity index (χ0n) is 8.71. The third-order valence-electron chi connectivity index (χ3n) is 2.83. The molecule has 0 saturated heterocycles. The molecule has 0 aliphatic heterocycles. The monoisotopic (exact) mass is 184 g/mol. The summed E-state index contributed by atoms with van der Waals surface area (Å²) in [5.41, 5.74) is 0. The molecule has 1 fully saturated rings. The molecule has 0 bridgehead atoms. The highest BCUT2D eigenvalue weighted by molar-refractivity contribution is 5.72. The Morgan fingerprint density at radius 3 is 2.54 bits per heavy atom. The Bertz CT molecular complexity index is 159. The summed E-state index contributed by atoms with van der Waals surface area (Å²) in [5.74, 6) is 0.233. The van der Waals surface area contributed by atoms with Crippen molar-refractivity contribution in [1.29, 1.82) is 0 Å². The quantitative estimate of drug-likeness (QED) is 0.630. The average molecular weight is 184 g/mol. The lowest BCUT2D eigenvalue weighted by atomic mass is 9.89. The average Bonchev–Trinajstić information content (AvgIpc) is 2.19. The summed E-state index contributed by atoms with van der Waals surface area (Å²) in [4.78, 5) is 11.5. The molecule has 1 aliphatic rings. The number of carbonyl (C=O) groups excluding carboxylic acids is 1. The van der Waals surface area contributed by atoms with Gasteiger partial charge in [0.05, 0.1) is 12.0 Å². The van der Waals surface area contributed by atoms with E-state index in [1.165, 1.54) is 19.3 Å². The van der Waals surface area contributed by atoms with Gasteiger partial charge in [-0.15, -0.1) is 0 Å². The third kappa shape index (κ3) is 3.37. The summed E-state index contributed by atoms with van der Waals surface area (Å²) >= 11 is 0.